The average Bonchev–Trinajstić information content (AvgIpc) is 2.78. The van der Waals surface area contributed by atoms with E-state index in [1.54, 1.807) is 7.11 Å². The minimum Gasteiger partial charge on any atom is -0.497 e. The Bertz CT molecular complexity index is 586. The fraction of sp³-hybridized carbons (Fsp3) is 0.400. The topological polar surface area (TPSA) is 53.1 Å². The van der Waals surface area contributed by atoms with Gasteiger partial charge in [0.1, 0.15) is 5.75 Å². The first-order valence-corrected chi connectivity index (χ1v) is 6.69. The third-order valence-corrected chi connectivity index (χ3v) is 3.83. The number of rotatable bonds is 2. The molecule has 4 heteroatoms. The number of fused-ring (bicyclic) bond motifs is 1. The molecule has 1 aromatic carbocycles. The van der Waals surface area contributed by atoms with Crippen LogP contribution in [0.1, 0.15) is 35.8 Å². The molecule has 1 aliphatic rings. The molecule has 3 rings (SSSR count). The molecular weight excluding hydrogens is 238 g/mol. The number of methoxy groups -OCH3 is 1. The van der Waals surface area contributed by atoms with Gasteiger partial charge in [-0.15, -0.1) is 0 Å². The van der Waals surface area contributed by atoms with Gasteiger partial charge in [-0.25, -0.2) is 4.68 Å². The van der Waals surface area contributed by atoms with Crippen LogP contribution in [0.5, 0.6) is 5.75 Å². The van der Waals surface area contributed by atoms with Gasteiger partial charge >= 0.3 is 0 Å². The quantitative estimate of drug-likeness (QED) is 0.899. The van der Waals surface area contributed by atoms with E-state index in [1.165, 1.54) is 11.3 Å². The second-order valence-corrected chi connectivity index (χ2v) is 5.06. The smallest absolute Gasteiger partial charge is 0.119 e. The van der Waals surface area contributed by atoms with Crippen LogP contribution < -0.4 is 10.5 Å². The molecule has 0 spiro atoms. The first-order chi connectivity index (χ1) is 9.20. The van der Waals surface area contributed by atoms with Crippen LogP contribution >= 0.6 is 0 Å². The first-order valence-electron chi connectivity index (χ1n) is 6.69. The molecule has 1 heterocycles. The van der Waals surface area contributed by atoms with Crippen molar-refractivity contribution in [2.24, 2.45) is 5.73 Å². The van der Waals surface area contributed by atoms with Crippen LogP contribution in [0, 0.1) is 6.92 Å². The van der Waals surface area contributed by atoms with Crippen LogP contribution in [0.4, 0.5) is 0 Å². The molecule has 1 aliphatic carbocycles. The SMILES string of the molecule is COc1ccc(-n2nc(C)c3c2C(N)CCC3)cc1. The Kier molecular flexibility index (Phi) is 3.03. The van der Waals surface area contributed by atoms with Gasteiger partial charge in [-0.3, -0.25) is 0 Å². The van der Waals surface area contributed by atoms with Crippen molar-refractivity contribution in [1.82, 2.24) is 9.78 Å². The summed E-state index contributed by atoms with van der Waals surface area (Å²) in [6.07, 6.45) is 3.28. The Morgan fingerprint density at radius 3 is 2.74 bits per heavy atom. The highest BCUT2D eigenvalue weighted by atomic mass is 16.5. The van der Waals surface area contributed by atoms with Crippen molar-refractivity contribution >= 4 is 0 Å². The summed E-state index contributed by atoms with van der Waals surface area (Å²) in [5, 5.41) is 4.66. The zero-order chi connectivity index (χ0) is 13.4. The number of nitrogens with two attached hydrogens (primary N) is 1. The van der Waals surface area contributed by atoms with Crippen molar-refractivity contribution < 1.29 is 4.74 Å². The number of benzene rings is 1. The highest BCUT2D eigenvalue weighted by Crippen LogP contribution is 2.32. The Labute approximate surface area is 113 Å². The highest BCUT2D eigenvalue weighted by Gasteiger charge is 2.25. The minimum atomic E-state index is 0.0899. The molecule has 1 atom stereocenters. The van der Waals surface area contributed by atoms with Crippen molar-refractivity contribution in [3.05, 3.63) is 41.2 Å². The van der Waals surface area contributed by atoms with Gasteiger partial charge in [0.25, 0.3) is 0 Å². The number of ether oxygens (including phenoxy) is 1. The molecule has 2 aromatic rings. The van der Waals surface area contributed by atoms with Crippen LogP contribution in [-0.2, 0) is 6.42 Å². The van der Waals surface area contributed by atoms with Gasteiger partial charge in [0, 0.05) is 6.04 Å². The van der Waals surface area contributed by atoms with E-state index >= 15 is 0 Å². The van der Waals surface area contributed by atoms with E-state index in [1.807, 2.05) is 28.9 Å². The van der Waals surface area contributed by atoms with Crippen molar-refractivity contribution in [2.75, 3.05) is 7.11 Å². The normalized spacial score (nSPS) is 18.2. The van der Waals surface area contributed by atoms with E-state index in [2.05, 4.69) is 12.0 Å². The maximum absolute atomic E-state index is 6.27. The second-order valence-electron chi connectivity index (χ2n) is 5.06. The lowest BCUT2D eigenvalue weighted by atomic mass is 9.92. The molecule has 2 N–H and O–H groups in total. The van der Waals surface area contributed by atoms with E-state index in [0.29, 0.717) is 0 Å². The molecule has 0 aliphatic heterocycles. The van der Waals surface area contributed by atoms with Gasteiger partial charge in [-0.1, -0.05) is 0 Å². The molecule has 0 saturated heterocycles. The lowest BCUT2D eigenvalue weighted by Gasteiger charge is -2.21. The summed E-state index contributed by atoms with van der Waals surface area (Å²) in [6, 6.07) is 8.03. The molecule has 1 aromatic heterocycles. The molecule has 0 saturated carbocycles. The molecule has 0 bridgehead atoms. The van der Waals surface area contributed by atoms with Gasteiger partial charge in [-0.2, -0.15) is 5.10 Å². The summed E-state index contributed by atoms with van der Waals surface area (Å²) in [7, 11) is 1.67. The molecule has 0 radical (unpaired) electrons. The fourth-order valence-electron chi connectivity index (χ4n) is 2.82. The zero-order valence-electron chi connectivity index (χ0n) is 11.4. The van der Waals surface area contributed by atoms with Gasteiger partial charge in [-0.05, 0) is 56.0 Å². The van der Waals surface area contributed by atoms with Crippen molar-refractivity contribution in [1.29, 1.82) is 0 Å². The van der Waals surface area contributed by atoms with Crippen molar-refractivity contribution in [3.63, 3.8) is 0 Å². The van der Waals surface area contributed by atoms with Crippen LogP contribution in [0.3, 0.4) is 0 Å². The highest BCUT2D eigenvalue weighted by molar-refractivity contribution is 5.42. The number of aryl methyl sites for hydroxylation is 1. The summed E-state index contributed by atoms with van der Waals surface area (Å²) < 4.78 is 7.18. The van der Waals surface area contributed by atoms with Gasteiger partial charge in [0.2, 0.25) is 0 Å². The second kappa shape index (κ2) is 4.70. The van der Waals surface area contributed by atoms with Gasteiger partial charge in [0.05, 0.1) is 24.2 Å². The Hall–Kier alpha value is -1.81. The Balaban J connectivity index is 2.09. The number of hydrogen-bond acceptors (Lipinski definition) is 3. The number of nitrogens with zero attached hydrogens (tertiary/aromatic N) is 2. The standard InChI is InChI=1S/C15H19N3O/c1-10-13-4-3-5-14(16)15(13)18(17-10)11-6-8-12(19-2)9-7-11/h6-9,14H,3-5,16H2,1-2H3. The van der Waals surface area contributed by atoms with E-state index in [9.17, 15) is 0 Å². The predicted molar refractivity (Wildman–Crippen MR) is 74.7 cm³/mol. The molecule has 1 unspecified atom stereocenters. The van der Waals surface area contributed by atoms with Gasteiger partial charge in [0.15, 0.2) is 0 Å². The largest absolute Gasteiger partial charge is 0.497 e. The number of aromatic nitrogens is 2. The first kappa shape index (κ1) is 12.2. The van der Waals surface area contributed by atoms with E-state index < -0.39 is 0 Å². The summed E-state index contributed by atoms with van der Waals surface area (Å²) in [6.45, 7) is 2.07. The van der Waals surface area contributed by atoms with Crippen LogP contribution in [-0.4, -0.2) is 16.9 Å². The van der Waals surface area contributed by atoms with Crippen LogP contribution in [0.15, 0.2) is 24.3 Å². The molecule has 100 valence electrons. The molecule has 0 fully saturated rings. The maximum atomic E-state index is 6.27. The maximum Gasteiger partial charge on any atom is 0.119 e. The molecule has 19 heavy (non-hydrogen) atoms. The molecular formula is C15H19N3O. The van der Waals surface area contributed by atoms with Crippen LogP contribution in [0.25, 0.3) is 5.69 Å². The third-order valence-electron chi connectivity index (χ3n) is 3.83. The Morgan fingerprint density at radius 2 is 2.05 bits per heavy atom. The Morgan fingerprint density at radius 1 is 1.32 bits per heavy atom. The van der Waals surface area contributed by atoms with E-state index in [4.69, 9.17) is 10.5 Å². The summed E-state index contributed by atoms with van der Waals surface area (Å²) in [5.74, 6) is 0.853. The monoisotopic (exact) mass is 257 g/mol. The third kappa shape index (κ3) is 2.02. The number of hydrogen-bond donors (Lipinski definition) is 1. The van der Waals surface area contributed by atoms with E-state index in [-0.39, 0.29) is 6.04 Å². The fourth-order valence-corrected chi connectivity index (χ4v) is 2.82. The summed E-state index contributed by atoms with van der Waals surface area (Å²) in [5.41, 5.74) is 10.9. The van der Waals surface area contributed by atoms with Crippen molar-refractivity contribution in [3.8, 4) is 11.4 Å². The lowest BCUT2D eigenvalue weighted by molar-refractivity contribution is 0.414. The molecule has 0 amide bonds. The zero-order valence-corrected chi connectivity index (χ0v) is 11.4. The van der Waals surface area contributed by atoms with Crippen LogP contribution in [0.2, 0.25) is 0 Å². The minimum absolute atomic E-state index is 0.0899. The molecule has 4 nitrogen and oxygen atoms in total. The summed E-state index contributed by atoms with van der Waals surface area (Å²) >= 11 is 0. The predicted octanol–water partition coefficient (Wildman–Crippen LogP) is 2.53. The van der Waals surface area contributed by atoms with Crippen molar-refractivity contribution in [2.45, 2.75) is 32.2 Å². The van der Waals surface area contributed by atoms with Gasteiger partial charge < -0.3 is 10.5 Å². The average molecular weight is 257 g/mol. The lowest BCUT2D eigenvalue weighted by Crippen LogP contribution is -2.20. The summed E-state index contributed by atoms with van der Waals surface area (Å²) in [4.78, 5) is 0. The van der Waals surface area contributed by atoms with E-state index in [0.717, 1.165) is 36.4 Å².